The number of nitrogens with zero attached hydrogens (tertiary/aromatic N) is 1. The molecule has 0 aliphatic heterocycles. The van der Waals surface area contributed by atoms with E-state index in [1.54, 1.807) is 55.5 Å². The topological polar surface area (TPSA) is 49.8 Å². The number of phenols is 1. The minimum atomic E-state index is -0.118. The van der Waals surface area contributed by atoms with E-state index in [4.69, 9.17) is 4.74 Å². The van der Waals surface area contributed by atoms with Gasteiger partial charge in [-0.05, 0) is 35.9 Å². The Bertz CT molecular complexity index is 640. The molecule has 1 amide bonds. The minimum absolute atomic E-state index is 0.118. The van der Waals surface area contributed by atoms with Gasteiger partial charge < -0.3 is 14.7 Å². The van der Waals surface area contributed by atoms with E-state index < -0.39 is 0 Å². The number of methoxy groups -OCH3 is 1. The van der Waals surface area contributed by atoms with Crippen molar-refractivity contribution in [3.63, 3.8) is 0 Å². The molecule has 1 N–H and O–H groups in total. The van der Waals surface area contributed by atoms with E-state index in [-0.39, 0.29) is 11.7 Å². The zero-order valence-corrected chi connectivity index (χ0v) is 13.4. The highest BCUT2D eigenvalue weighted by atomic mass is 79.9. The van der Waals surface area contributed by atoms with Crippen molar-refractivity contribution < 1.29 is 14.6 Å². The van der Waals surface area contributed by atoms with Gasteiger partial charge in [0, 0.05) is 18.1 Å². The second kappa shape index (κ2) is 6.63. The Kier molecular flexibility index (Phi) is 4.85. The van der Waals surface area contributed by atoms with E-state index >= 15 is 0 Å². The number of carbonyl (C=O) groups is 1. The van der Waals surface area contributed by atoms with Crippen molar-refractivity contribution in [2.75, 3.05) is 14.2 Å². The molecule has 0 unspecified atom stereocenters. The van der Waals surface area contributed by atoms with Crippen molar-refractivity contribution in [3.05, 3.63) is 58.1 Å². The molecule has 21 heavy (non-hydrogen) atoms. The smallest absolute Gasteiger partial charge is 0.257 e. The number of hydrogen-bond acceptors (Lipinski definition) is 3. The van der Waals surface area contributed by atoms with Gasteiger partial charge in [-0.15, -0.1) is 0 Å². The van der Waals surface area contributed by atoms with E-state index in [1.165, 1.54) is 0 Å². The number of aromatic hydroxyl groups is 1. The molecule has 2 aromatic rings. The van der Waals surface area contributed by atoms with E-state index in [9.17, 15) is 9.90 Å². The third-order valence-corrected chi connectivity index (χ3v) is 3.59. The molecule has 0 atom stereocenters. The van der Waals surface area contributed by atoms with Gasteiger partial charge in [-0.25, -0.2) is 0 Å². The molecule has 5 heteroatoms. The van der Waals surface area contributed by atoms with E-state index in [0.29, 0.717) is 17.9 Å². The van der Waals surface area contributed by atoms with E-state index in [0.717, 1.165) is 10.0 Å². The average Bonchev–Trinajstić information content (AvgIpc) is 2.48. The first-order valence-corrected chi connectivity index (χ1v) is 7.17. The molecule has 0 spiro atoms. The first-order chi connectivity index (χ1) is 10.0. The molecule has 0 aliphatic rings. The fourth-order valence-electron chi connectivity index (χ4n) is 1.99. The molecule has 0 saturated carbocycles. The number of carbonyl (C=O) groups excluding carboxylic acids is 1. The molecule has 0 saturated heterocycles. The molecule has 2 rings (SSSR count). The van der Waals surface area contributed by atoms with Crippen molar-refractivity contribution in [1.29, 1.82) is 0 Å². The molecule has 2 aromatic carbocycles. The predicted molar refractivity (Wildman–Crippen MR) is 84.6 cm³/mol. The lowest BCUT2D eigenvalue weighted by Crippen LogP contribution is -2.26. The Balaban J connectivity index is 2.17. The first kappa shape index (κ1) is 15.4. The molecule has 0 aromatic heterocycles. The summed E-state index contributed by atoms with van der Waals surface area (Å²) in [5.74, 6) is 0.627. The Morgan fingerprint density at radius 2 is 1.90 bits per heavy atom. The quantitative estimate of drug-likeness (QED) is 0.919. The van der Waals surface area contributed by atoms with Crippen LogP contribution in [0, 0.1) is 0 Å². The van der Waals surface area contributed by atoms with Crippen LogP contribution in [-0.2, 0) is 6.54 Å². The molecule has 110 valence electrons. The fourth-order valence-corrected chi connectivity index (χ4v) is 2.33. The van der Waals surface area contributed by atoms with Gasteiger partial charge in [-0.3, -0.25) is 4.79 Å². The lowest BCUT2D eigenvalue weighted by atomic mass is 10.1. The number of halogens is 1. The Morgan fingerprint density at radius 3 is 2.52 bits per heavy atom. The summed E-state index contributed by atoms with van der Waals surface area (Å²) < 4.78 is 6.11. The number of hydrogen-bond donors (Lipinski definition) is 1. The van der Waals surface area contributed by atoms with Gasteiger partial charge in [0.15, 0.2) is 0 Å². The zero-order chi connectivity index (χ0) is 15.4. The van der Waals surface area contributed by atoms with Crippen molar-refractivity contribution >= 4 is 21.8 Å². The predicted octanol–water partition coefficient (Wildman–Crippen LogP) is 3.44. The summed E-state index contributed by atoms with van der Waals surface area (Å²) in [5.41, 5.74) is 1.46. The van der Waals surface area contributed by atoms with Gasteiger partial charge in [0.05, 0.1) is 12.7 Å². The fraction of sp³-hybridized carbons (Fsp3) is 0.188. The highest BCUT2D eigenvalue weighted by molar-refractivity contribution is 9.10. The van der Waals surface area contributed by atoms with Crippen molar-refractivity contribution in [1.82, 2.24) is 4.90 Å². The van der Waals surface area contributed by atoms with E-state index in [1.807, 2.05) is 6.07 Å². The summed E-state index contributed by atoms with van der Waals surface area (Å²) in [7, 11) is 3.27. The maximum Gasteiger partial charge on any atom is 0.257 e. The molecule has 0 fully saturated rings. The monoisotopic (exact) mass is 349 g/mol. The second-order valence-electron chi connectivity index (χ2n) is 4.67. The lowest BCUT2D eigenvalue weighted by molar-refractivity contribution is 0.0781. The number of amides is 1. The molecule has 0 radical (unpaired) electrons. The molecular weight excluding hydrogens is 334 g/mol. The largest absolute Gasteiger partial charge is 0.508 e. The lowest BCUT2D eigenvalue weighted by Gasteiger charge is -2.19. The number of phenolic OH excluding ortho intramolecular Hbond substituents is 1. The van der Waals surface area contributed by atoms with E-state index in [2.05, 4.69) is 15.9 Å². The molecule has 0 heterocycles. The van der Waals surface area contributed by atoms with Gasteiger partial charge in [0.25, 0.3) is 5.91 Å². The normalized spacial score (nSPS) is 10.2. The van der Waals surface area contributed by atoms with Crippen LogP contribution in [0.15, 0.2) is 46.9 Å². The Hall–Kier alpha value is -2.01. The maximum absolute atomic E-state index is 12.5. The van der Waals surface area contributed by atoms with Gasteiger partial charge in [0.2, 0.25) is 0 Å². The highest BCUT2D eigenvalue weighted by Gasteiger charge is 2.17. The van der Waals surface area contributed by atoms with Crippen LogP contribution in [0.2, 0.25) is 0 Å². The van der Waals surface area contributed by atoms with Crippen molar-refractivity contribution in [3.8, 4) is 11.5 Å². The Morgan fingerprint density at radius 1 is 1.24 bits per heavy atom. The summed E-state index contributed by atoms with van der Waals surface area (Å²) >= 11 is 3.36. The maximum atomic E-state index is 12.5. The van der Waals surface area contributed by atoms with Crippen molar-refractivity contribution in [2.45, 2.75) is 6.54 Å². The Labute approximate surface area is 132 Å². The molecule has 0 bridgehead atoms. The van der Waals surface area contributed by atoms with Crippen molar-refractivity contribution in [2.24, 2.45) is 0 Å². The minimum Gasteiger partial charge on any atom is -0.508 e. The highest BCUT2D eigenvalue weighted by Crippen LogP contribution is 2.25. The van der Waals surface area contributed by atoms with Crippen LogP contribution in [0.25, 0.3) is 0 Å². The third-order valence-electron chi connectivity index (χ3n) is 3.10. The summed E-state index contributed by atoms with van der Waals surface area (Å²) in [5, 5.41) is 9.27. The number of ether oxygens (including phenoxy) is 1. The number of benzene rings is 2. The first-order valence-electron chi connectivity index (χ1n) is 6.38. The van der Waals surface area contributed by atoms with Crippen LogP contribution in [0.1, 0.15) is 15.9 Å². The SMILES string of the molecule is COc1cc(Br)ccc1C(=O)N(C)Cc1ccc(O)cc1. The summed E-state index contributed by atoms with van der Waals surface area (Å²) in [6, 6.07) is 12.1. The van der Waals surface area contributed by atoms with Gasteiger partial charge in [0.1, 0.15) is 11.5 Å². The van der Waals surface area contributed by atoms with Gasteiger partial charge in [-0.1, -0.05) is 28.1 Å². The van der Waals surface area contributed by atoms with Crippen LogP contribution in [-0.4, -0.2) is 30.1 Å². The van der Waals surface area contributed by atoms with Crippen LogP contribution < -0.4 is 4.74 Å². The van der Waals surface area contributed by atoms with Gasteiger partial charge in [-0.2, -0.15) is 0 Å². The van der Waals surface area contributed by atoms with Crippen LogP contribution >= 0.6 is 15.9 Å². The number of rotatable bonds is 4. The zero-order valence-electron chi connectivity index (χ0n) is 11.8. The third kappa shape index (κ3) is 3.76. The molecular formula is C16H16BrNO3. The summed E-state index contributed by atoms with van der Waals surface area (Å²) in [6.07, 6.45) is 0. The standard InChI is InChI=1S/C16H16BrNO3/c1-18(10-11-3-6-13(19)7-4-11)16(20)14-8-5-12(17)9-15(14)21-2/h3-9,19H,10H2,1-2H3. The van der Waals surface area contributed by atoms with Crippen LogP contribution in [0.4, 0.5) is 0 Å². The average molecular weight is 350 g/mol. The second-order valence-corrected chi connectivity index (χ2v) is 5.59. The molecule has 4 nitrogen and oxygen atoms in total. The summed E-state index contributed by atoms with van der Waals surface area (Å²) in [6.45, 7) is 0.457. The van der Waals surface area contributed by atoms with Crippen LogP contribution in [0.3, 0.4) is 0 Å². The summed E-state index contributed by atoms with van der Waals surface area (Å²) in [4.78, 5) is 14.1. The van der Waals surface area contributed by atoms with Gasteiger partial charge >= 0.3 is 0 Å². The molecule has 0 aliphatic carbocycles. The van der Waals surface area contributed by atoms with Crippen LogP contribution in [0.5, 0.6) is 11.5 Å².